The average molecular weight is 527 g/mol. The van der Waals surface area contributed by atoms with Crippen molar-refractivity contribution in [3.8, 4) is 11.5 Å². The second kappa shape index (κ2) is 13.6. The molecule has 0 spiro atoms. The summed E-state index contributed by atoms with van der Waals surface area (Å²) in [5.74, 6) is 0.154. The molecular weight excluding hydrogens is 496 g/mol. The summed E-state index contributed by atoms with van der Waals surface area (Å²) in [6.45, 7) is 0.396. The summed E-state index contributed by atoms with van der Waals surface area (Å²) in [7, 11) is 1.55. The number of H-pyrrole nitrogens is 1. The van der Waals surface area contributed by atoms with E-state index in [0.717, 1.165) is 11.1 Å². The molecule has 1 aromatic heterocycles. The molecule has 0 aliphatic carbocycles. The van der Waals surface area contributed by atoms with E-state index in [1.165, 1.54) is 12.3 Å². The maximum absolute atomic E-state index is 12.8. The lowest BCUT2D eigenvalue weighted by Crippen LogP contribution is -2.49. The first-order valence-electron chi connectivity index (χ1n) is 12.4. The number of nitrogens with zero attached hydrogens (tertiary/aromatic N) is 1. The largest absolute Gasteiger partial charge is 0.493 e. The summed E-state index contributed by atoms with van der Waals surface area (Å²) in [4.78, 5) is 32.1. The molecule has 0 unspecified atom stereocenters. The molecule has 4 N–H and O–H groups in total. The number of carbonyl (C=O) groups excluding carboxylic acids is 2. The smallest absolute Gasteiger partial charge is 0.257 e. The molecule has 3 aromatic carbocycles. The number of aromatic amines is 1. The predicted octanol–water partition coefficient (Wildman–Crippen LogP) is 3.74. The molecule has 9 heteroatoms. The minimum atomic E-state index is -1.52. The van der Waals surface area contributed by atoms with Crippen LogP contribution in [0.15, 0.2) is 97.3 Å². The van der Waals surface area contributed by atoms with Gasteiger partial charge in [-0.3, -0.25) is 14.9 Å². The zero-order chi connectivity index (χ0) is 27.5. The molecule has 0 saturated heterocycles. The van der Waals surface area contributed by atoms with Crippen LogP contribution in [0.25, 0.3) is 6.08 Å². The van der Waals surface area contributed by atoms with Gasteiger partial charge in [-0.1, -0.05) is 66.7 Å². The summed E-state index contributed by atoms with van der Waals surface area (Å²) in [6.07, 6.45) is 4.71. The molecule has 200 valence electrons. The van der Waals surface area contributed by atoms with Gasteiger partial charge in [-0.05, 0) is 41.3 Å². The number of methoxy groups -OCH3 is 1. The van der Waals surface area contributed by atoms with Gasteiger partial charge >= 0.3 is 0 Å². The molecule has 9 nitrogen and oxygen atoms in total. The third-order valence-corrected chi connectivity index (χ3v) is 5.87. The number of nitrogens with one attached hydrogen (secondary N) is 3. The SMILES string of the molecule is COc1cc(C=CC(=O)N[C@@H](Cc2ccccc2)[C@@H](O)C(=O)Nc2ncc[nH]2)ccc1OCc1ccccc1. The molecule has 0 bridgehead atoms. The van der Waals surface area contributed by atoms with E-state index in [1.807, 2.05) is 60.7 Å². The number of aromatic nitrogens is 2. The highest BCUT2D eigenvalue weighted by Gasteiger charge is 2.28. The predicted molar refractivity (Wildman–Crippen MR) is 148 cm³/mol. The van der Waals surface area contributed by atoms with Crippen LogP contribution < -0.4 is 20.1 Å². The lowest BCUT2D eigenvalue weighted by molar-refractivity contribution is -0.126. The van der Waals surface area contributed by atoms with Crippen LogP contribution in [-0.4, -0.2) is 46.1 Å². The molecule has 1 heterocycles. The van der Waals surface area contributed by atoms with E-state index < -0.39 is 24.0 Å². The van der Waals surface area contributed by atoms with Crippen LogP contribution in [0.3, 0.4) is 0 Å². The van der Waals surface area contributed by atoms with Crippen molar-refractivity contribution in [3.05, 3.63) is 114 Å². The minimum absolute atomic E-state index is 0.203. The number of benzene rings is 3. The molecular formula is C30H30N4O5. The Hall–Kier alpha value is -4.89. The van der Waals surface area contributed by atoms with Crippen LogP contribution in [0.4, 0.5) is 5.95 Å². The number of anilines is 1. The van der Waals surface area contributed by atoms with Crippen molar-refractivity contribution in [3.63, 3.8) is 0 Å². The van der Waals surface area contributed by atoms with Gasteiger partial charge in [0.15, 0.2) is 17.6 Å². The van der Waals surface area contributed by atoms with E-state index in [-0.39, 0.29) is 12.4 Å². The number of hydrogen-bond donors (Lipinski definition) is 4. The van der Waals surface area contributed by atoms with E-state index in [2.05, 4.69) is 20.6 Å². The van der Waals surface area contributed by atoms with Gasteiger partial charge in [-0.15, -0.1) is 0 Å². The molecule has 2 atom stereocenters. The number of rotatable bonds is 12. The molecule has 0 aliphatic rings. The van der Waals surface area contributed by atoms with Crippen LogP contribution in [-0.2, 0) is 22.6 Å². The van der Waals surface area contributed by atoms with Gasteiger partial charge < -0.3 is 24.9 Å². The molecule has 39 heavy (non-hydrogen) atoms. The van der Waals surface area contributed by atoms with Crippen LogP contribution in [0.5, 0.6) is 11.5 Å². The monoisotopic (exact) mass is 526 g/mol. The van der Waals surface area contributed by atoms with Crippen LogP contribution in [0.2, 0.25) is 0 Å². The Balaban J connectivity index is 1.42. The van der Waals surface area contributed by atoms with E-state index in [0.29, 0.717) is 23.7 Å². The topological polar surface area (TPSA) is 126 Å². The third kappa shape index (κ3) is 8.05. The van der Waals surface area contributed by atoms with E-state index in [9.17, 15) is 14.7 Å². The van der Waals surface area contributed by atoms with Gasteiger partial charge in [-0.2, -0.15) is 0 Å². The van der Waals surface area contributed by atoms with E-state index in [1.54, 1.807) is 37.6 Å². The maximum atomic E-state index is 12.8. The Morgan fingerprint density at radius 2 is 1.72 bits per heavy atom. The van der Waals surface area contributed by atoms with Gasteiger partial charge in [0.25, 0.3) is 5.91 Å². The lowest BCUT2D eigenvalue weighted by atomic mass is 10.0. The first kappa shape index (κ1) is 27.2. The molecule has 2 amide bonds. The first-order valence-corrected chi connectivity index (χ1v) is 12.4. The van der Waals surface area contributed by atoms with Gasteiger partial charge in [0.1, 0.15) is 6.61 Å². The Labute approximate surface area is 226 Å². The second-order valence-corrected chi connectivity index (χ2v) is 8.69. The molecule has 4 aromatic rings. The van der Waals surface area contributed by atoms with Gasteiger partial charge in [0.05, 0.1) is 13.2 Å². The lowest BCUT2D eigenvalue weighted by Gasteiger charge is -2.23. The number of amides is 2. The zero-order valence-electron chi connectivity index (χ0n) is 21.4. The van der Waals surface area contributed by atoms with Crippen LogP contribution in [0, 0.1) is 0 Å². The number of carbonyl (C=O) groups is 2. The summed E-state index contributed by atoms with van der Waals surface area (Å²) < 4.78 is 11.4. The van der Waals surface area contributed by atoms with Crippen molar-refractivity contribution in [2.75, 3.05) is 12.4 Å². The third-order valence-electron chi connectivity index (χ3n) is 5.87. The molecule has 0 fully saturated rings. The highest BCUT2D eigenvalue weighted by molar-refractivity contribution is 5.95. The number of aliphatic hydroxyl groups is 1. The van der Waals surface area contributed by atoms with Crippen molar-refractivity contribution in [2.24, 2.45) is 0 Å². The standard InChI is InChI=1S/C30H30N4O5/c1-38-26-19-22(12-14-25(26)39-20-23-10-6-3-7-11-23)13-15-27(35)33-24(18-21-8-4-2-5-9-21)28(36)29(37)34-30-31-16-17-32-30/h2-17,19,24,28,36H,18,20H2,1H3,(H,33,35)(H2,31,32,34,37)/t24-,28+/m0/s1. The van der Waals surface area contributed by atoms with Crippen molar-refractivity contribution in [2.45, 2.75) is 25.2 Å². The fourth-order valence-electron chi connectivity index (χ4n) is 3.86. The van der Waals surface area contributed by atoms with Crippen LogP contribution in [0.1, 0.15) is 16.7 Å². The summed E-state index contributed by atoms with van der Waals surface area (Å²) >= 11 is 0. The minimum Gasteiger partial charge on any atom is -0.493 e. The Morgan fingerprint density at radius 1 is 1.00 bits per heavy atom. The van der Waals surface area contributed by atoms with E-state index in [4.69, 9.17) is 9.47 Å². The number of hydrogen-bond acceptors (Lipinski definition) is 6. The molecule has 4 rings (SSSR count). The first-order chi connectivity index (χ1) is 19.0. The van der Waals surface area contributed by atoms with Gasteiger partial charge in [0, 0.05) is 18.5 Å². The maximum Gasteiger partial charge on any atom is 0.257 e. The summed E-state index contributed by atoms with van der Waals surface area (Å²) in [6, 6.07) is 23.5. The van der Waals surface area contributed by atoms with Crippen molar-refractivity contribution < 1.29 is 24.2 Å². The van der Waals surface area contributed by atoms with Crippen molar-refractivity contribution in [1.29, 1.82) is 0 Å². The fraction of sp³-hybridized carbons (Fsp3) is 0.167. The zero-order valence-corrected chi connectivity index (χ0v) is 21.4. The Bertz CT molecular complexity index is 1380. The Kier molecular flexibility index (Phi) is 9.47. The summed E-state index contributed by atoms with van der Waals surface area (Å²) in [5, 5.41) is 16.0. The highest BCUT2D eigenvalue weighted by atomic mass is 16.5. The average Bonchev–Trinajstić information content (AvgIpc) is 3.48. The highest BCUT2D eigenvalue weighted by Crippen LogP contribution is 2.29. The summed E-state index contributed by atoms with van der Waals surface area (Å²) in [5.41, 5.74) is 2.60. The quantitative estimate of drug-likeness (QED) is 0.209. The normalized spacial score (nSPS) is 12.5. The Morgan fingerprint density at radius 3 is 2.38 bits per heavy atom. The number of aliphatic hydroxyl groups excluding tert-OH is 1. The number of ether oxygens (including phenoxy) is 2. The van der Waals surface area contributed by atoms with Gasteiger partial charge in [-0.25, -0.2) is 4.98 Å². The molecule has 0 saturated carbocycles. The van der Waals surface area contributed by atoms with Crippen molar-refractivity contribution in [1.82, 2.24) is 15.3 Å². The number of imidazole rings is 1. The molecule has 0 aliphatic heterocycles. The fourth-order valence-corrected chi connectivity index (χ4v) is 3.86. The second-order valence-electron chi connectivity index (χ2n) is 8.69. The van der Waals surface area contributed by atoms with Gasteiger partial charge in [0.2, 0.25) is 11.9 Å². The van der Waals surface area contributed by atoms with Crippen molar-refractivity contribution >= 4 is 23.8 Å². The van der Waals surface area contributed by atoms with E-state index >= 15 is 0 Å². The molecule has 0 radical (unpaired) electrons. The van der Waals surface area contributed by atoms with Crippen LogP contribution >= 0.6 is 0 Å².